The Morgan fingerprint density at radius 1 is 0.889 bits per heavy atom. The SMILES string of the molecule is CC(C)CC(NC(=O)CN)C(=O)NC(CCC(=O)O)C(=O)NC(C)C(=O)O. The Labute approximate surface area is 157 Å². The molecule has 3 amide bonds. The van der Waals surface area contributed by atoms with E-state index in [2.05, 4.69) is 16.0 Å². The molecular formula is C16H28N4O7. The Kier molecular flexibility index (Phi) is 10.7. The van der Waals surface area contributed by atoms with Crippen molar-refractivity contribution in [3.05, 3.63) is 0 Å². The maximum atomic E-state index is 12.5. The lowest BCUT2D eigenvalue weighted by Gasteiger charge is -2.24. The van der Waals surface area contributed by atoms with Gasteiger partial charge in [0.05, 0.1) is 6.54 Å². The third kappa shape index (κ3) is 10.1. The highest BCUT2D eigenvalue weighted by Gasteiger charge is 2.29. The topological polar surface area (TPSA) is 188 Å². The van der Waals surface area contributed by atoms with Gasteiger partial charge in [-0.3, -0.25) is 24.0 Å². The number of nitrogens with two attached hydrogens (primary N) is 1. The quantitative estimate of drug-likeness (QED) is 0.231. The summed E-state index contributed by atoms with van der Waals surface area (Å²) in [5, 5.41) is 24.7. The summed E-state index contributed by atoms with van der Waals surface area (Å²) in [4.78, 5) is 57.9. The molecule has 3 atom stereocenters. The molecule has 0 bridgehead atoms. The van der Waals surface area contributed by atoms with E-state index in [4.69, 9.17) is 15.9 Å². The summed E-state index contributed by atoms with van der Waals surface area (Å²) in [5.41, 5.74) is 5.24. The minimum Gasteiger partial charge on any atom is -0.481 e. The van der Waals surface area contributed by atoms with Gasteiger partial charge >= 0.3 is 11.9 Å². The van der Waals surface area contributed by atoms with E-state index in [1.54, 1.807) is 0 Å². The van der Waals surface area contributed by atoms with E-state index in [-0.39, 0.29) is 25.3 Å². The third-order valence-electron chi connectivity index (χ3n) is 3.55. The van der Waals surface area contributed by atoms with Crippen molar-refractivity contribution in [1.29, 1.82) is 0 Å². The van der Waals surface area contributed by atoms with Crippen LogP contribution in [0.2, 0.25) is 0 Å². The Hall–Kier alpha value is -2.69. The van der Waals surface area contributed by atoms with Gasteiger partial charge < -0.3 is 31.9 Å². The van der Waals surface area contributed by atoms with E-state index in [0.717, 1.165) is 0 Å². The minimum atomic E-state index is -1.28. The maximum absolute atomic E-state index is 12.5. The van der Waals surface area contributed by atoms with Gasteiger partial charge in [0.2, 0.25) is 17.7 Å². The Morgan fingerprint density at radius 3 is 1.89 bits per heavy atom. The van der Waals surface area contributed by atoms with E-state index in [9.17, 15) is 24.0 Å². The van der Waals surface area contributed by atoms with Crippen molar-refractivity contribution in [3.8, 4) is 0 Å². The molecule has 0 aliphatic rings. The van der Waals surface area contributed by atoms with Crippen molar-refractivity contribution >= 4 is 29.7 Å². The maximum Gasteiger partial charge on any atom is 0.325 e. The fourth-order valence-electron chi connectivity index (χ4n) is 2.14. The second-order valence-corrected chi connectivity index (χ2v) is 6.52. The van der Waals surface area contributed by atoms with Gasteiger partial charge in [-0.1, -0.05) is 13.8 Å². The lowest BCUT2D eigenvalue weighted by molar-refractivity contribution is -0.142. The first kappa shape index (κ1) is 24.3. The summed E-state index contributed by atoms with van der Waals surface area (Å²) in [6, 6.07) is -3.44. The van der Waals surface area contributed by atoms with Crippen LogP contribution in [0.1, 0.15) is 40.0 Å². The first-order valence-electron chi connectivity index (χ1n) is 8.52. The summed E-state index contributed by atoms with van der Waals surface area (Å²) in [5.74, 6) is -4.48. The van der Waals surface area contributed by atoms with E-state index in [0.29, 0.717) is 0 Å². The molecule has 0 rings (SSSR count). The van der Waals surface area contributed by atoms with Gasteiger partial charge in [0.25, 0.3) is 0 Å². The molecule has 0 aromatic rings. The summed E-state index contributed by atoms with van der Waals surface area (Å²) in [6.07, 6.45) is -0.376. The van der Waals surface area contributed by atoms with E-state index < -0.39 is 54.2 Å². The molecule has 0 aromatic carbocycles. The second-order valence-electron chi connectivity index (χ2n) is 6.52. The van der Waals surface area contributed by atoms with E-state index in [1.165, 1.54) is 6.92 Å². The average molecular weight is 388 g/mol. The Morgan fingerprint density at radius 2 is 1.44 bits per heavy atom. The number of aliphatic carboxylic acids is 2. The zero-order valence-corrected chi connectivity index (χ0v) is 15.7. The molecule has 27 heavy (non-hydrogen) atoms. The molecule has 0 aliphatic heterocycles. The minimum absolute atomic E-state index is 0.0390. The zero-order chi connectivity index (χ0) is 21.1. The predicted octanol–water partition coefficient (Wildman–Crippen LogP) is -1.59. The average Bonchev–Trinajstić information content (AvgIpc) is 2.56. The van der Waals surface area contributed by atoms with Crippen LogP contribution in [-0.4, -0.2) is 64.5 Å². The number of carbonyl (C=O) groups excluding carboxylic acids is 3. The molecule has 0 aromatic heterocycles. The highest BCUT2D eigenvalue weighted by Crippen LogP contribution is 2.07. The molecule has 7 N–H and O–H groups in total. The van der Waals surface area contributed by atoms with Crippen LogP contribution < -0.4 is 21.7 Å². The molecule has 0 saturated carbocycles. The molecule has 0 fully saturated rings. The summed E-state index contributed by atoms with van der Waals surface area (Å²) in [7, 11) is 0. The van der Waals surface area contributed by atoms with Crippen molar-refractivity contribution in [1.82, 2.24) is 16.0 Å². The summed E-state index contributed by atoms with van der Waals surface area (Å²) >= 11 is 0. The smallest absolute Gasteiger partial charge is 0.325 e. The van der Waals surface area contributed by atoms with Gasteiger partial charge in [-0.05, 0) is 25.7 Å². The van der Waals surface area contributed by atoms with Crippen molar-refractivity contribution < 1.29 is 34.2 Å². The van der Waals surface area contributed by atoms with Crippen molar-refractivity contribution in [3.63, 3.8) is 0 Å². The molecule has 3 unspecified atom stereocenters. The van der Waals surface area contributed by atoms with Crippen LogP contribution in [0.15, 0.2) is 0 Å². The zero-order valence-electron chi connectivity index (χ0n) is 15.7. The van der Waals surface area contributed by atoms with Crippen molar-refractivity contribution in [2.75, 3.05) is 6.54 Å². The van der Waals surface area contributed by atoms with Crippen LogP contribution in [0.5, 0.6) is 0 Å². The monoisotopic (exact) mass is 388 g/mol. The number of carbonyl (C=O) groups is 5. The predicted molar refractivity (Wildman–Crippen MR) is 94.5 cm³/mol. The largest absolute Gasteiger partial charge is 0.481 e. The van der Waals surface area contributed by atoms with Crippen LogP contribution in [0.25, 0.3) is 0 Å². The molecule has 0 aliphatic carbocycles. The van der Waals surface area contributed by atoms with Crippen LogP contribution in [0.3, 0.4) is 0 Å². The molecule has 154 valence electrons. The highest BCUT2D eigenvalue weighted by atomic mass is 16.4. The summed E-state index contributed by atoms with van der Waals surface area (Å²) < 4.78 is 0. The molecule has 11 heteroatoms. The van der Waals surface area contributed by atoms with Gasteiger partial charge in [0.1, 0.15) is 18.1 Å². The molecule has 0 heterocycles. The third-order valence-corrected chi connectivity index (χ3v) is 3.55. The van der Waals surface area contributed by atoms with Crippen LogP contribution in [0.4, 0.5) is 0 Å². The van der Waals surface area contributed by atoms with E-state index >= 15 is 0 Å². The molecular weight excluding hydrogens is 360 g/mol. The number of amides is 3. The normalized spacial score (nSPS) is 14.0. The number of carboxylic acid groups (broad SMARTS) is 2. The van der Waals surface area contributed by atoms with Crippen molar-refractivity contribution in [2.24, 2.45) is 11.7 Å². The van der Waals surface area contributed by atoms with Gasteiger partial charge in [0.15, 0.2) is 0 Å². The Balaban J connectivity index is 5.24. The number of hydrogen-bond acceptors (Lipinski definition) is 6. The number of nitrogens with one attached hydrogen (secondary N) is 3. The Bertz CT molecular complexity index is 565. The fraction of sp³-hybridized carbons (Fsp3) is 0.688. The number of carboxylic acids is 2. The van der Waals surface area contributed by atoms with Gasteiger partial charge in [-0.25, -0.2) is 0 Å². The molecule has 0 saturated heterocycles. The first-order chi connectivity index (χ1) is 12.5. The molecule has 0 radical (unpaired) electrons. The lowest BCUT2D eigenvalue weighted by atomic mass is 10.0. The van der Waals surface area contributed by atoms with Crippen LogP contribution >= 0.6 is 0 Å². The molecule has 0 spiro atoms. The summed E-state index contributed by atoms with van der Waals surface area (Å²) in [6.45, 7) is 4.58. The second kappa shape index (κ2) is 11.8. The van der Waals surface area contributed by atoms with Gasteiger partial charge in [-0.2, -0.15) is 0 Å². The lowest BCUT2D eigenvalue weighted by Crippen LogP contribution is -2.56. The number of hydrogen-bond donors (Lipinski definition) is 6. The fourth-order valence-corrected chi connectivity index (χ4v) is 2.14. The van der Waals surface area contributed by atoms with Gasteiger partial charge in [-0.15, -0.1) is 0 Å². The van der Waals surface area contributed by atoms with E-state index in [1.807, 2.05) is 13.8 Å². The number of rotatable bonds is 12. The van der Waals surface area contributed by atoms with Crippen LogP contribution in [-0.2, 0) is 24.0 Å². The standard InChI is InChI=1S/C16H28N4O7/c1-8(2)6-11(19-12(21)7-17)15(25)20-10(4-5-13(22)23)14(24)18-9(3)16(26)27/h8-11H,4-7,17H2,1-3H3,(H,18,24)(H,19,21)(H,20,25)(H,22,23)(H,26,27). The molecule has 11 nitrogen and oxygen atoms in total. The van der Waals surface area contributed by atoms with Crippen molar-refractivity contribution in [2.45, 2.75) is 58.2 Å². The first-order valence-corrected chi connectivity index (χ1v) is 8.52. The highest BCUT2D eigenvalue weighted by molar-refractivity contribution is 5.93. The van der Waals surface area contributed by atoms with Crippen LogP contribution in [0, 0.1) is 5.92 Å². The van der Waals surface area contributed by atoms with Gasteiger partial charge in [0, 0.05) is 6.42 Å².